The van der Waals surface area contributed by atoms with E-state index < -0.39 is 0 Å². The number of hydrogen-bond acceptors (Lipinski definition) is 6. The second kappa shape index (κ2) is 7.16. The standard InChI is InChI=1S/C18H22N6O/c1-23-18-16(11-22-23)17(20-13-21-18)19-10-14-4-2-3-5-15(14)12-24-6-8-25-9-7-24/h2-5,11,13H,6-10,12H2,1H3,(H,19,20,21). The van der Waals surface area contributed by atoms with Gasteiger partial charge in [0.1, 0.15) is 12.1 Å². The summed E-state index contributed by atoms with van der Waals surface area (Å²) < 4.78 is 7.20. The van der Waals surface area contributed by atoms with E-state index in [9.17, 15) is 0 Å². The van der Waals surface area contributed by atoms with Crippen LogP contribution in [0, 0.1) is 0 Å². The zero-order valence-electron chi connectivity index (χ0n) is 14.4. The molecule has 1 N–H and O–H groups in total. The van der Waals surface area contributed by atoms with Crippen molar-refractivity contribution in [2.45, 2.75) is 13.1 Å². The fourth-order valence-electron chi connectivity index (χ4n) is 3.17. The molecular weight excluding hydrogens is 316 g/mol. The Balaban J connectivity index is 1.50. The summed E-state index contributed by atoms with van der Waals surface area (Å²) in [6.45, 7) is 5.30. The van der Waals surface area contributed by atoms with Crippen molar-refractivity contribution in [3.63, 3.8) is 0 Å². The molecule has 0 unspecified atom stereocenters. The van der Waals surface area contributed by atoms with Gasteiger partial charge in [0.15, 0.2) is 5.65 Å². The minimum absolute atomic E-state index is 0.724. The Labute approximate surface area is 146 Å². The Morgan fingerprint density at radius 2 is 1.92 bits per heavy atom. The highest BCUT2D eigenvalue weighted by Gasteiger charge is 2.13. The molecule has 1 aliphatic heterocycles. The van der Waals surface area contributed by atoms with Crippen molar-refractivity contribution in [1.29, 1.82) is 0 Å². The first-order chi connectivity index (χ1) is 12.3. The number of aromatic nitrogens is 4. The highest BCUT2D eigenvalue weighted by molar-refractivity contribution is 5.85. The van der Waals surface area contributed by atoms with Gasteiger partial charge in [0.2, 0.25) is 0 Å². The first-order valence-corrected chi connectivity index (χ1v) is 8.55. The van der Waals surface area contributed by atoms with Crippen molar-refractivity contribution in [1.82, 2.24) is 24.6 Å². The number of nitrogens with one attached hydrogen (secondary N) is 1. The molecule has 0 saturated carbocycles. The Hall–Kier alpha value is -2.51. The lowest BCUT2D eigenvalue weighted by Gasteiger charge is -2.27. The van der Waals surface area contributed by atoms with E-state index >= 15 is 0 Å². The van der Waals surface area contributed by atoms with Crippen LogP contribution in [0.1, 0.15) is 11.1 Å². The van der Waals surface area contributed by atoms with Gasteiger partial charge in [0.25, 0.3) is 0 Å². The fraction of sp³-hybridized carbons (Fsp3) is 0.389. The number of rotatable bonds is 5. The quantitative estimate of drug-likeness (QED) is 0.765. The summed E-state index contributed by atoms with van der Waals surface area (Å²) in [7, 11) is 1.89. The zero-order valence-corrected chi connectivity index (χ0v) is 14.4. The van der Waals surface area contributed by atoms with Gasteiger partial charge in [-0.25, -0.2) is 9.97 Å². The van der Waals surface area contributed by atoms with Crippen LogP contribution in [0.2, 0.25) is 0 Å². The van der Waals surface area contributed by atoms with Crippen LogP contribution in [-0.2, 0) is 24.9 Å². The monoisotopic (exact) mass is 338 g/mol. The van der Waals surface area contributed by atoms with Crippen LogP contribution in [0.25, 0.3) is 11.0 Å². The molecule has 1 aliphatic rings. The summed E-state index contributed by atoms with van der Waals surface area (Å²) in [4.78, 5) is 11.1. The van der Waals surface area contributed by atoms with Gasteiger partial charge in [-0.1, -0.05) is 24.3 Å². The molecule has 2 aromatic heterocycles. The summed E-state index contributed by atoms with van der Waals surface area (Å²) >= 11 is 0. The molecule has 1 fully saturated rings. The van der Waals surface area contributed by atoms with E-state index in [1.165, 1.54) is 11.1 Å². The first-order valence-electron chi connectivity index (χ1n) is 8.55. The normalized spacial score (nSPS) is 15.6. The predicted octanol–water partition coefficient (Wildman–Crippen LogP) is 1.81. The van der Waals surface area contributed by atoms with E-state index in [1.807, 2.05) is 7.05 Å². The molecule has 1 saturated heterocycles. The molecule has 3 aromatic rings. The maximum atomic E-state index is 5.44. The van der Waals surface area contributed by atoms with Crippen LogP contribution in [0.4, 0.5) is 5.82 Å². The number of morpholine rings is 1. The molecule has 3 heterocycles. The molecule has 0 bridgehead atoms. The lowest BCUT2D eigenvalue weighted by atomic mass is 10.1. The van der Waals surface area contributed by atoms with Crippen molar-refractivity contribution in [2.24, 2.45) is 7.05 Å². The van der Waals surface area contributed by atoms with Crippen molar-refractivity contribution < 1.29 is 4.74 Å². The van der Waals surface area contributed by atoms with Crippen molar-refractivity contribution in [3.8, 4) is 0 Å². The summed E-state index contributed by atoms with van der Waals surface area (Å²) in [6, 6.07) is 8.55. The Morgan fingerprint density at radius 1 is 1.12 bits per heavy atom. The lowest BCUT2D eigenvalue weighted by molar-refractivity contribution is 0.0341. The smallest absolute Gasteiger partial charge is 0.163 e. The summed E-state index contributed by atoms with van der Waals surface area (Å²) in [5.74, 6) is 0.819. The topological polar surface area (TPSA) is 68.1 Å². The minimum Gasteiger partial charge on any atom is -0.379 e. The highest BCUT2D eigenvalue weighted by Crippen LogP contribution is 2.20. The van der Waals surface area contributed by atoms with Gasteiger partial charge in [-0.2, -0.15) is 5.10 Å². The molecule has 25 heavy (non-hydrogen) atoms. The van der Waals surface area contributed by atoms with Crippen molar-refractivity contribution >= 4 is 16.9 Å². The van der Waals surface area contributed by atoms with Gasteiger partial charge >= 0.3 is 0 Å². The van der Waals surface area contributed by atoms with Crippen LogP contribution >= 0.6 is 0 Å². The van der Waals surface area contributed by atoms with E-state index in [2.05, 4.69) is 49.5 Å². The number of hydrogen-bond donors (Lipinski definition) is 1. The largest absolute Gasteiger partial charge is 0.379 e. The van der Waals surface area contributed by atoms with Gasteiger partial charge in [-0.15, -0.1) is 0 Å². The average molecular weight is 338 g/mol. The van der Waals surface area contributed by atoms with E-state index in [4.69, 9.17) is 4.74 Å². The Kier molecular flexibility index (Phi) is 4.58. The molecule has 4 rings (SSSR count). The van der Waals surface area contributed by atoms with E-state index in [1.54, 1.807) is 17.2 Å². The summed E-state index contributed by atoms with van der Waals surface area (Å²) in [5.41, 5.74) is 3.46. The predicted molar refractivity (Wildman–Crippen MR) is 96.2 cm³/mol. The van der Waals surface area contributed by atoms with E-state index in [0.717, 1.165) is 56.2 Å². The van der Waals surface area contributed by atoms with Gasteiger partial charge < -0.3 is 10.1 Å². The van der Waals surface area contributed by atoms with E-state index in [0.29, 0.717) is 0 Å². The molecule has 7 nitrogen and oxygen atoms in total. The zero-order chi connectivity index (χ0) is 17.1. The Bertz CT molecular complexity index is 856. The number of fused-ring (bicyclic) bond motifs is 1. The highest BCUT2D eigenvalue weighted by atomic mass is 16.5. The molecule has 130 valence electrons. The SMILES string of the molecule is Cn1ncc2c(NCc3ccccc3CN3CCOCC3)ncnc21. The lowest BCUT2D eigenvalue weighted by Crippen LogP contribution is -2.35. The van der Waals surface area contributed by atoms with Crippen LogP contribution in [0.5, 0.6) is 0 Å². The average Bonchev–Trinajstić information content (AvgIpc) is 3.04. The summed E-state index contributed by atoms with van der Waals surface area (Å²) in [5, 5.41) is 8.65. The first kappa shape index (κ1) is 16.0. The molecular formula is C18H22N6O. The van der Waals surface area contributed by atoms with Gasteiger partial charge in [-0.05, 0) is 11.1 Å². The van der Waals surface area contributed by atoms with Gasteiger partial charge in [0.05, 0.1) is 24.8 Å². The number of nitrogens with zero attached hydrogens (tertiary/aromatic N) is 5. The molecule has 0 aliphatic carbocycles. The van der Waals surface area contributed by atoms with Crippen LogP contribution in [-0.4, -0.2) is 51.0 Å². The molecule has 0 radical (unpaired) electrons. The molecule has 0 spiro atoms. The Morgan fingerprint density at radius 3 is 2.76 bits per heavy atom. The second-order valence-electron chi connectivity index (χ2n) is 6.24. The van der Waals surface area contributed by atoms with Gasteiger partial charge in [-0.3, -0.25) is 9.58 Å². The van der Waals surface area contributed by atoms with Crippen LogP contribution in [0.15, 0.2) is 36.8 Å². The van der Waals surface area contributed by atoms with Crippen LogP contribution < -0.4 is 5.32 Å². The van der Waals surface area contributed by atoms with Gasteiger partial charge in [0, 0.05) is 33.2 Å². The molecule has 7 heteroatoms. The van der Waals surface area contributed by atoms with Crippen molar-refractivity contribution in [2.75, 3.05) is 31.6 Å². The fourth-order valence-corrected chi connectivity index (χ4v) is 3.17. The number of ether oxygens (including phenoxy) is 1. The molecule has 0 amide bonds. The molecule has 0 atom stereocenters. The second-order valence-corrected chi connectivity index (χ2v) is 6.24. The maximum absolute atomic E-state index is 5.44. The number of aryl methyl sites for hydroxylation is 1. The third kappa shape index (κ3) is 3.47. The summed E-state index contributed by atoms with van der Waals surface area (Å²) in [6.07, 6.45) is 3.38. The third-order valence-electron chi connectivity index (χ3n) is 4.59. The number of anilines is 1. The van der Waals surface area contributed by atoms with Crippen LogP contribution in [0.3, 0.4) is 0 Å². The maximum Gasteiger partial charge on any atom is 0.163 e. The van der Waals surface area contributed by atoms with E-state index in [-0.39, 0.29) is 0 Å². The minimum atomic E-state index is 0.724. The molecule has 1 aromatic carbocycles. The third-order valence-corrected chi connectivity index (χ3v) is 4.59. The number of benzene rings is 1. The van der Waals surface area contributed by atoms with Crippen molar-refractivity contribution in [3.05, 3.63) is 47.9 Å².